The van der Waals surface area contributed by atoms with Gasteiger partial charge in [0.2, 0.25) is 0 Å². The second kappa shape index (κ2) is 13.6. The van der Waals surface area contributed by atoms with E-state index in [1.165, 1.54) is 30.4 Å². The van der Waals surface area contributed by atoms with E-state index in [0.717, 1.165) is 62.6 Å². The van der Waals surface area contributed by atoms with E-state index in [9.17, 15) is 9.59 Å². The van der Waals surface area contributed by atoms with Crippen LogP contribution in [-0.4, -0.2) is 84.6 Å². The molecule has 41 heavy (non-hydrogen) atoms. The van der Waals surface area contributed by atoms with Crippen LogP contribution in [0.4, 0.5) is 16.3 Å². The maximum Gasteiger partial charge on any atom is 0.415 e. The molecule has 2 aliphatic rings. The van der Waals surface area contributed by atoms with Crippen molar-refractivity contribution < 1.29 is 14.3 Å². The van der Waals surface area contributed by atoms with Gasteiger partial charge in [0.15, 0.2) is 5.75 Å². The van der Waals surface area contributed by atoms with Crippen molar-refractivity contribution in [1.82, 2.24) is 19.8 Å². The number of ether oxygens (including phenoxy) is 1. The molecule has 0 saturated carbocycles. The normalized spacial score (nSPS) is 16.0. The first kappa shape index (κ1) is 28.5. The topological polar surface area (TPSA) is 82.1 Å². The number of hydrogen-bond donors (Lipinski definition) is 0. The maximum atomic E-state index is 13.1. The molecule has 0 unspecified atom stereocenters. The monoisotopic (exact) mass is 556 g/mol. The molecule has 3 aromatic rings. The molecule has 9 nitrogen and oxygen atoms in total. The second-order valence-electron chi connectivity index (χ2n) is 10.9. The summed E-state index contributed by atoms with van der Waals surface area (Å²) in [5.74, 6) is 0.711. The molecular formula is C32H40N6O3. The molecule has 2 saturated heterocycles. The van der Waals surface area contributed by atoms with E-state index >= 15 is 0 Å². The zero-order valence-electron chi connectivity index (χ0n) is 24.2. The Morgan fingerprint density at radius 1 is 0.902 bits per heavy atom. The van der Waals surface area contributed by atoms with Crippen LogP contribution >= 0.6 is 0 Å². The van der Waals surface area contributed by atoms with Gasteiger partial charge in [0.1, 0.15) is 5.82 Å². The van der Waals surface area contributed by atoms with Crippen LogP contribution in [0.1, 0.15) is 47.4 Å². The minimum absolute atomic E-state index is 0.138. The summed E-state index contributed by atoms with van der Waals surface area (Å²) in [5.41, 5.74) is 3.94. The number of carbonyl (C=O) groups excluding carboxylic acids is 2. The molecule has 1 aromatic carbocycles. The minimum Gasteiger partial charge on any atom is -0.409 e. The lowest BCUT2D eigenvalue weighted by atomic mass is 10.1. The van der Waals surface area contributed by atoms with Crippen LogP contribution in [0.15, 0.2) is 60.8 Å². The number of nitrogens with zero attached hydrogens (tertiary/aromatic N) is 6. The summed E-state index contributed by atoms with van der Waals surface area (Å²) in [4.78, 5) is 42.7. The van der Waals surface area contributed by atoms with Crippen molar-refractivity contribution in [2.75, 3.05) is 62.7 Å². The van der Waals surface area contributed by atoms with E-state index in [1.54, 1.807) is 24.1 Å². The van der Waals surface area contributed by atoms with E-state index in [0.29, 0.717) is 30.2 Å². The molecule has 9 heteroatoms. The molecule has 2 aliphatic heterocycles. The van der Waals surface area contributed by atoms with Gasteiger partial charge >= 0.3 is 6.09 Å². The Kier molecular flexibility index (Phi) is 9.46. The fourth-order valence-corrected chi connectivity index (χ4v) is 5.44. The first-order chi connectivity index (χ1) is 20.0. The van der Waals surface area contributed by atoms with Crippen molar-refractivity contribution >= 4 is 23.5 Å². The molecule has 216 valence electrons. The number of amides is 2. The Morgan fingerprint density at radius 3 is 2.34 bits per heavy atom. The summed E-state index contributed by atoms with van der Waals surface area (Å²) in [6.07, 6.45) is 6.83. The van der Waals surface area contributed by atoms with E-state index in [4.69, 9.17) is 4.74 Å². The average molecular weight is 557 g/mol. The summed E-state index contributed by atoms with van der Waals surface area (Å²) in [5, 5.41) is 0. The van der Waals surface area contributed by atoms with E-state index in [2.05, 4.69) is 31.9 Å². The number of anilines is 2. The van der Waals surface area contributed by atoms with Crippen LogP contribution in [-0.2, 0) is 6.42 Å². The predicted molar refractivity (Wildman–Crippen MR) is 161 cm³/mol. The lowest BCUT2D eigenvalue weighted by Gasteiger charge is -2.34. The Bertz CT molecular complexity index is 1300. The molecule has 0 atom stereocenters. The first-order valence-electron chi connectivity index (χ1n) is 14.7. The van der Waals surface area contributed by atoms with Gasteiger partial charge in [-0.15, -0.1) is 0 Å². The highest BCUT2D eigenvalue weighted by atomic mass is 16.6. The number of piperidine rings is 1. The third-order valence-electron chi connectivity index (χ3n) is 7.89. The Labute approximate surface area is 242 Å². The number of pyridine rings is 2. The highest BCUT2D eigenvalue weighted by molar-refractivity contribution is 6.05. The highest BCUT2D eigenvalue weighted by Gasteiger charge is 2.23. The molecule has 5 rings (SSSR count). The Morgan fingerprint density at radius 2 is 1.66 bits per heavy atom. The van der Waals surface area contributed by atoms with E-state index in [1.807, 2.05) is 37.3 Å². The number of aromatic nitrogens is 2. The van der Waals surface area contributed by atoms with Gasteiger partial charge in [-0.25, -0.2) is 9.78 Å². The van der Waals surface area contributed by atoms with Crippen LogP contribution in [0, 0.1) is 6.92 Å². The van der Waals surface area contributed by atoms with Crippen LogP contribution in [0.3, 0.4) is 0 Å². The summed E-state index contributed by atoms with van der Waals surface area (Å²) in [6, 6.07) is 17.3. The predicted octanol–water partition coefficient (Wildman–Crippen LogP) is 4.80. The van der Waals surface area contributed by atoms with Crippen LogP contribution in [0.2, 0.25) is 0 Å². The second-order valence-corrected chi connectivity index (χ2v) is 10.9. The largest absolute Gasteiger partial charge is 0.415 e. The number of hydrogen-bond acceptors (Lipinski definition) is 7. The fraction of sp³-hybridized carbons (Fsp3) is 0.438. The van der Waals surface area contributed by atoms with E-state index < -0.39 is 0 Å². The average Bonchev–Trinajstić information content (AvgIpc) is 3.01. The summed E-state index contributed by atoms with van der Waals surface area (Å²) < 4.78 is 5.58. The molecule has 0 radical (unpaired) electrons. The zero-order chi connectivity index (χ0) is 28.6. The molecule has 2 aromatic heterocycles. The highest BCUT2D eigenvalue weighted by Crippen LogP contribution is 2.22. The Hall–Kier alpha value is -3.98. The number of benzene rings is 1. The molecular weight excluding hydrogens is 516 g/mol. The summed E-state index contributed by atoms with van der Waals surface area (Å²) >= 11 is 0. The molecule has 0 aliphatic carbocycles. The number of carbonyl (C=O) groups is 2. The molecule has 0 N–H and O–H groups in total. The number of rotatable bonds is 8. The Balaban J connectivity index is 1.06. The number of aryl methyl sites for hydroxylation is 2. The van der Waals surface area contributed by atoms with Gasteiger partial charge in [0.05, 0.1) is 6.20 Å². The van der Waals surface area contributed by atoms with Gasteiger partial charge in [-0.1, -0.05) is 6.07 Å². The van der Waals surface area contributed by atoms with E-state index in [-0.39, 0.29) is 12.0 Å². The van der Waals surface area contributed by atoms with Crippen molar-refractivity contribution in [1.29, 1.82) is 0 Å². The fourth-order valence-electron chi connectivity index (χ4n) is 5.44. The third kappa shape index (κ3) is 7.61. The lowest BCUT2D eigenvalue weighted by Crippen LogP contribution is -2.49. The number of piperazine rings is 1. The third-order valence-corrected chi connectivity index (χ3v) is 7.89. The van der Waals surface area contributed by atoms with Gasteiger partial charge in [-0.2, -0.15) is 0 Å². The molecule has 2 amide bonds. The summed E-state index contributed by atoms with van der Waals surface area (Å²) in [7, 11) is 1.70. The van der Waals surface area contributed by atoms with Crippen LogP contribution < -0.4 is 14.5 Å². The van der Waals surface area contributed by atoms with Gasteiger partial charge in [0, 0.05) is 69.0 Å². The first-order valence-corrected chi connectivity index (χ1v) is 14.7. The molecule has 2 fully saturated rings. The van der Waals surface area contributed by atoms with Gasteiger partial charge in [-0.3, -0.25) is 19.6 Å². The van der Waals surface area contributed by atoms with Crippen molar-refractivity contribution in [3.63, 3.8) is 0 Å². The quantitative estimate of drug-likeness (QED) is 0.394. The lowest BCUT2D eigenvalue weighted by molar-refractivity contribution is 0.0991. The van der Waals surface area contributed by atoms with Crippen LogP contribution in [0.25, 0.3) is 0 Å². The van der Waals surface area contributed by atoms with Crippen molar-refractivity contribution in [2.45, 2.75) is 39.0 Å². The van der Waals surface area contributed by atoms with Crippen LogP contribution in [0.5, 0.6) is 5.75 Å². The zero-order valence-corrected chi connectivity index (χ0v) is 24.2. The molecule has 0 bridgehead atoms. The minimum atomic E-state index is -0.374. The van der Waals surface area contributed by atoms with Gasteiger partial charge in [-0.05, 0) is 94.1 Å². The molecule has 0 spiro atoms. The van der Waals surface area contributed by atoms with Crippen molar-refractivity contribution in [3.05, 3.63) is 77.7 Å². The maximum absolute atomic E-state index is 13.1. The van der Waals surface area contributed by atoms with Gasteiger partial charge in [0.25, 0.3) is 5.91 Å². The van der Waals surface area contributed by atoms with Crippen molar-refractivity contribution in [2.24, 2.45) is 0 Å². The standard InChI is InChI=1S/C32H40N6O3/c1-25-8-6-9-27(34-25)10-7-17-36-20-22-38(23-21-36)32(40)41-29-15-16-30(33-24-29)35(2)31(39)26-11-13-28(14-12-26)37-18-4-3-5-19-37/h6,8-9,11-16,24H,3-5,7,10,17-23H2,1-2H3. The van der Waals surface area contributed by atoms with Gasteiger partial charge < -0.3 is 14.5 Å². The smallest absolute Gasteiger partial charge is 0.409 e. The van der Waals surface area contributed by atoms with Crippen molar-refractivity contribution in [3.8, 4) is 5.75 Å². The summed E-state index contributed by atoms with van der Waals surface area (Å²) in [6.45, 7) is 8.02. The molecule has 4 heterocycles. The SMILES string of the molecule is Cc1cccc(CCCN2CCN(C(=O)Oc3ccc(N(C)C(=O)c4ccc(N5CCCCC5)cc4)nc3)CC2)n1.